The molecule has 0 amide bonds. The molecule has 24 heavy (non-hydrogen) atoms. The van der Waals surface area contributed by atoms with E-state index >= 15 is 0 Å². The van der Waals surface area contributed by atoms with Crippen molar-refractivity contribution in [3.05, 3.63) is 41.5 Å². The summed E-state index contributed by atoms with van der Waals surface area (Å²) < 4.78 is 22.0. The largest absolute Gasteiger partial charge is 0.493 e. The predicted octanol–water partition coefficient (Wildman–Crippen LogP) is 3.14. The Labute approximate surface area is 137 Å². The summed E-state index contributed by atoms with van der Waals surface area (Å²) in [5.74, 6) is 2.24. The zero-order valence-corrected chi connectivity index (χ0v) is 12.9. The molecule has 0 saturated heterocycles. The molecule has 6 nitrogen and oxygen atoms in total. The lowest BCUT2D eigenvalue weighted by Gasteiger charge is -2.02. The van der Waals surface area contributed by atoms with Gasteiger partial charge in [0.15, 0.2) is 22.8 Å². The third-order valence-corrected chi connectivity index (χ3v) is 4.03. The van der Waals surface area contributed by atoms with Crippen molar-refractivity contribution >= 4 is 17.3 Å². The first kappa shape index (κ1) is 14.6. The molecule has 0 fully saturated rings. The minimum Gasteiger partial charge on any atom is -0.493 e. The van der Waals surface area contributed by atoms with Crippen molar-refractivity contribution in [1.82, 2.24) is 0 Å². The van der Waals surface area contributed by atoms with Crippen LogP contribution >= 0.6 is 0 Å². The second kappa shape index (κ2) is 5.58. The number of fused-ring (bicyclic) bond motifs is 2. The van der Waals surface area contributed by atoms with Crippen LogP contribution in [0.2, 0.25) is 0 Å². The maximum absolute atomic E-state index is 11.1. The second-order valence-corrected chi connectivity index (χ2v) is 5.35. The lowest BCUT2D eigenvalue weighted by atomic mass is 10.0. The number of furan rings is 1. The molecule has 1 aliphatic heterocycles. The number of ether oxygens (including phenoxy) is 3. The van der Waals surface area contributed by atoms with Crippen molar-refractivity contribution in [3.63, 3.8) is 0 Å². The lowest BCUT2D eigenvalue weighted by Crippen LogP contribution is -1.92. The third-order valence-electron chi connectivity index (χ3n) is 4.03. The third kappa shape index (κ3) is 2.11. The Hall–Kier alpha value is -2.99. The van der Waals surface area contributed by atoms with Crippen LogP contribution in [0.15, 0.2) is 34.7 Å². The van der Waals surface area contributed by atoms with E-state index in [1.165, 1.54) is 7.11 Å². The van der Waals surface area contributed by atoms with Crippen molar-refractivity contribution < 1.29 is 28.5 Å². The van der Waals surface area contributed by atoms with Gasteiger partial charge in [0.25, 0.3) is 0 Å². The number of hydrogen-bond acceptors (Lipinski definition) is 6. The Morgan fingerprint density at radius 1 is 1.21 bits per heavy atom. The zero-order valence-electron chi connectivity index (χ0n) is 12.9. The van der Waals surface area contributed by atoms with E-state index in [0.29, 0.717) is 45.1 Å². The highest BCUT2D eigenvalue weighted by molar-refractivity contribution is 5.96. The Balaban J connectivity index is 1.97. The topological polar surface area (TPSA) is 78.1 Å². The number of aliphatic hydroxyl groups excluding tert-OH is 1. The Bertz CT molecular complexity index is 940. The number of aliphatic hydroxyl groups is 1. The summed E-state index contributed by atoms with van der Waals surface area (Å²) in [5.41, 5.74) is 2.27. The summed E-state index contributed by atoms with van der Waals surface area (Å²) >= 11 is 0. The highest BCUT2D eigenvalue weighted by atomic mass is 16.7. The molecule has 6 heteroatoms. The first-order valence-electron chi connectivity index (χ1n) is 7.34. The van der Waals surface area contributed by atoms with Gasteiger partial charge in [-0.1, -0.05) is 0 Å². The molecule has 0 bridgehead atoms. The fraction of sp³-hybridized carbons (Fsp3) is 0.167. The molecule has 2 aromatic carbocycles. The van der Waals surface area contributed by atoms with Crippen LogP contribution in [0.4, 0.5) is 0 Å². The van der Waals surface area contributed by atoms with E-state index in [0.717, 1.165) is 11.8 Å². The number of rotatable bonds is 4. The van der Waals surface area contributed by atoms with E-state index in [9.17, 15) is 9.90 Å². The number of carbonyl (C=O) groups is 1. The molecule has 1 aromatic heterocycles. The van der Waals surface area contributed by atoms with Crippen LogP contribution in [0.1, 0.15) is 15.9 Å². The average molecular weight is 326 g/mol. The van der Waals surface area contributed by atoms with Crippen molar-refractivity contribution in [1.29, 1.82) is 0 Å². The van der Waals surface area contributed by atoms with Gasteiger partial charge >= 0.3 is 0 Å². The van der Waals surface area contributed by atoms with Crippen molar-refractivity contribution in [2.24, 2.45) is 0 Å². The van der Waals surface area contributed by atoms with Crippen LogP contribution in [0.3, 0.4) is 0 Å². The molecule has 0 radical (unpaired) electrons. The Morgan fingerprint density at radius 3 is 2.79 bits per heavy atom. The first-order valence-corrected chi connectivity index (χ1v) is 7.34. The van der Waals surface area contributed by atoms with E-state index in [1.807, 2.05) is 6.07 Å². The molecule has 1 aliphatic rings. The zero-order chi connectivity index (χ0) is 16.7. The van der Waals surface area contributed by atoms with Crippen LogP contribution in [-0.4, -0.2) is 25.3 Å². The van der Waals surface area contributed by atoms with Gasteiger partial charge in [-0.15, -0.1) is 0 Å². The van der Waals surface area contributed by atoms with E-state index in [2.05, 4.69) is 0 Å². The van der Waals surface area contributed by atoms with E-state index in [1.54, 1.807) is 24.3 Å². The van der Waals surface area contributed by atoms with Crippen LogP contribution in [-0.2, 0) is 6.61 Å². The molecule has 3 aromatic rings. The molecule has 0 spiro atoms. The fourth-order valence-corrected chi connectivity index (χ4v) is 2.89. The highest BCUT2D eigenvalue weighted by Crippen LogP contribution is 2.42. The number of methoxy groups -OCH3 is 1. The van der Waals surface area contributed by atoms with E-state index in [4.69, 9.17) is 18.6 Å². The maximum Gasteiger partial charge on any atom is 0.231 e. The van der Waals surface area contributed by atoms with Gasteiger partial charge in [-0.2, -0.15) is 0 Å². The second-order valence-electron chi connectivity index (χ2n) is 5.35. The van der Waals surface area contributed by atoms with Crippen LogP contribution in [0, 0.1) is 0 Å². The van der Waals surface area contributed by atoms with Gasteiger partial charge in [-0.3, -0.25) is 4.79 Å². The summed E-state index contributed by atoms with van der Waals surface area (Å²) in [4.78, 5) is 11.1. The minimum absolute atomic E-state index is 0.183. The van der Waals surface area contributed by atoms with Gasteiger partial charge in [0, 0.05) is 22.1 Å². The number of carbonyl (C=O) groups excluding carboxylic acids is 1. The number of hydrogen-bond donors (Lipinski definition) is 1. The summed E-state index contributed by atoms with van der Waals surface area (Å²) in [6, 6.07) is 8.70. The number of aldehydes is 1. The molecule has 0 unspecified atom stereocenters. The first-order chi connectivity index (χ1) is 11.7. The Morgan fingerprint density at radius 2 is 2.04 bits per heavy atom. The molecule has 0 saturated carbocycles. The Kier molecular flexibility index (Phi) is 3.39. The number of benzene rings is 2. The summed E-state index contributed by atoms with van der Waals surface area (Å²) in [5, 5.41) is 10.5. The summed E-state index contributed by atoms with van der Waals surface area (Å²) in [7, 11) is 1.50. The van der Waals surface area contributed by atoms with Gasteiger partial charge in [-0.25, -0.2) is 0 Å². The van der Waals surface area contributed by atoms with Gasteiger partial charge in [0.1, 0.15) is 12.0 Å². The quantitative estimate of drug-likeness (QED) is 0.742. The average Bonchev–Trinajstić information content (AvgIpc) is 3.23. The van der Waals surface area contributed by atoms with Crippen molar-refractivity contribution in [3.8, 4) is 28.6 Å². The molecule has 0 aliphatic carbocycles. The van der Waals surface area contributed by atoms with E-state index in [-0.39, 0.29) is 13.4 Å². The minimum atomic E-state index is -0.234. The van der Waals surface area contributed by atoms with Gasteiger partial charge in [-0.05, 0) is 30.3 Å². The standard InChI is InChI=1S/C18H14O6/c1-21-16-5-10(7-19)4-12-13(8-20)17(24-18(12)16)11-2-3-14-15(6-11)23-9-22-14/h2-7,20H,8-9H2,1H3. The van der Waals surface area contributed by atoms with Crippen LogP contribution in [0.5, 0.6) is 17.2 Å². The molecular weight excluding hydrogens is 312 g/mol. The van der Waals surface area contributed by atoms with Crippen molar-refractivity contribution in [2.75, 3.05) is 13.9 Å². The molecular formula is C18H14O6. The van der Waals surface area contributed by atoms with Gasteiger partial charge < -0.3 is 23.7 Å². The smallest absolute Gasteiger partial charge is 0.231 e. The van der Waals surface area contributed by atoms with Gasteiger partial charge in [0.2, 0.25) is 6.79 Å². The summed E-state index contributed by atoms with van der Waals surface area (Å²) in [6.45, 7) is -0.0511. The molecule has 4 rings (SSSR count). The maximum atomic E-state index is 11.1. The van der Waals surface area contributed by atoms with Crippen LogP contribution in [0.25, 0.3) is 22.3 Å². The molecule has 1 N–H and O–H groups in total. The predicted molar refractivity (Wildman–Crippen MR) is 85.6 cm³/mol. The van der Waals surface area contributed by atoms with Crippen LogP contribution < -0.4 is 14.2 Å². The van der Waals surface area contributed by atoms with Gasteiger partial charge in [0.05, 0.1) is 13.7 Å². The van der Waals surface area contributed by atoms with Crippen molar-refractivity contribution in [2.45, 2.75) is 6.61 Å². The van der Waals surface area contributed by atoms with E-state index < -0.39 is 0 Å². The molecule has 122 valence electrons. The molecule has 0 atom stereocenters. The fourth-order valence-electron chi connectivity index (χ4n) is 2.89. The monoisotopic (exact) mass is 326 g/mol. The lowest BCUT2D eigenvalue weighted by molar-refractivity contribution is 0.112. The molecule has 2 heterocycles. The summed E-state index contributed by atoms with van der Waals surface area (Å²) in [6.07, 6.45) is 0.733. The normalized spacial score (nSPS) is 12.6. The highest BCUT2D eigenvalue weighted by Gasteiger charge is 2.21. The SMILES string of the molecule is COc1cc(C=O)cc2c(CO)c(-c3ccc4c(c3)OCO4)oc12.